The molecule has 0 aromatic heterocycles. The molecule has 1 aromatic rings. The van der Waals surface area contributed by atoms with Gasteiger partial charge in [0.2, 0.25) is 0 Å². The van der Waals surface area contributed by atoms with Crippen molar-refractivity contribution in [3.63, 3.8) is 0 Å². The highest BCUT2D eigenvalue weighted by molar-refractivity contribution is 6.30. The van der Waals surface area contributed by atoms with Crippen LogP contribution >= 0.6 is 11.6 Å². The van der Waals surface area contributed by atoms with Crippen LogP contribution in [0, 0.1) is 0 Å². The fraction of sp³-hybridized carbons (Fsp3) is 0.588. The van der Waals surface area contributed by atoms with Crippen molar-refractivity contribution < 1.29 is 19.0 Å². The highest BCUT2D eigenvalue weighted by atomic mass is 35.5. The molecular weight excluding hydrogens is 318 g/mol. The minimum atomic E-state index is -1.06. The molecule has 0 aliphatic carbocycles. The van der Waals surface area contributed by atoms with Gasteiger partial charge in [0.1, 0.15) is 12.4 Å². The number of halogens is 1. The van der Waals surface area contributed by atoms with Crippen molar-refractivity contribution in [3.05, 3.63) is 28.8 Å². The van der Waals surface area contributed by atoms with Crippen LogP contribution in [-0.4, -0.2) is 43.4 Å². The lowest BCUT2D eigenvalue weighted by Gasteiger charge is -2.36. The highest BCUT2D eigenvalue weighted by Crippen LogP contribution is 2.40. The molecule has 2 rings (SSSR count). The summed E-state index contributed by atoms with van der Waals surface area (Å²) in [5.41, 5.74) is 0.137. The Hall–Kier alpha value is -1.30. The number of ether oxygens (including phenoxy) is 3. The molecule has 0 saturated carbocycles. The second kappa shape index (κ2) is 7.51. The van der Waals surface area contributed by atoms with Crippen LogP contribution in [-0.2, 0) is 19.9 Å². The van der Waals surface area contributed by atoms with Gasteiger partial charge in [-0.05, 0) is 45.1 Å². The third kappa shape index (κ3) is 4.37. The fourth-order valence-electron chi connectivity index (χ4n) is 2.53. The largest absolute Gasteiger partial charge is 0.460 e. The van der Waals surface area contributed by atoms with Gasteiger partial charge in [-0.3, -0.25) is 0 Å². The van der Waals surface area contributed by atoms with E-state index in [-0.39, 0.29) is 0 Å². The Morgan fingerprint density at radius 2 is 2.04 bits per heavy atom. The maximum Gasteiger partial charge on any atom is 0.376 e. The predicted molar refractivity (Wildman–Crippen MR) is 88.7 cm³/mol. The minimum Gasteiger partial charge on any atom is -0.460 e. The van der Waals surface area contributed by atoms with Gasteiger partial charge in [-0.2, -0.15) is 0 Å². The Balaban J connectivity index is 1.99. The van der Waals surface area contributed by atoms with Crippen molar-refractivity contribution in [1.29, 1.82) is 0 Å². The molecule has 23 heavy (non-hydrogen) atoms. The van der Waals surface area contributed by atoms with E-state index in [0.717, 1.165) is 18.7 Å². The molecule has 0 radical (unpaired) electrons. The van der Waals surface area contributed by atoms with Crippen LogP contribution in [0.25, 0.3) is 0 Å². The number of hydrogen-bond acceptors (Lipinski definition) is 5. The third-order valence-electron chi connectivity index (χ3n) is 3.96. The number of hydrogen-bond donors (Lipinski definition) is 0. The molecule has 1 aromatic carbocycles. The molecule has 1 atom stereocenters. The van der Waals surface area contributed by atoms with Gasteiger partial charge in [0.25, 0.3) is 6.29 Å². The molecule has 6 heteroatoms. The Bertz CT molecular complexity index is 558. The quantitative estimate of drug-likeness (QED) is 0.744. The predicted octanol–water partition coefficient (Wildman–Crippen LogP) is 3.20. The number of carbonyl (C=O) groups is 1. The molecule has 1 aliphatic heterocycles. The standard InChI is InChI=1S/C17H24ClNO4/c1-5-19(6-2)9-10-21-15(20)16-22-14-8-7-12(18)11-13(14)17(3,4)23-16/h7-8,11,16H,5-6,9-10H2,1-4H3. The average molecular weight is 342 g/mol. The van der Waals surface area contributed by atoms with Crippen molar-refractivity contribution >= 4 is 17.6 Å². The number of benzene rings is 1. The molecule has 0 bridgehead atoms. The summed E-state index contributed by atoms with van der Waals surface area (Å²) in [5, 5.41) is 0.601. The lowest BCUT2D eigenvalue weighted by molar-refractivity contribution is -0.211. The molecule has 0 fully saturated rings. The van der Waals surface area contributed by atoms with Crippen LogP contribution in [0.1, 0.15) is 33.3 Å². The number of fused-ring (bicyclic) bond motifs is 1. The molecular formula is C17H24ClNO4. The van der Waals surface area contributed by atoms with Crippen LogP contribution in [0.2, 0.25) is 5.02 Å². The molecule has 0 amide bonds. The first-order chi connectivity index (χ1) is 10.9. The molecule has 0 saturated heterocycles. The van der Waals surface area contributed by atoms with E-state index in [1.54, 1.807) is 18.2 Å². The van der Waals surface area contributed by atoms with Gasteiger partial charge in [-0.25, -0.2) is 4.79 Å². The average Bonchev–Trinajstić information content (AvgIpc) is 2.51. The summed E-state index contributed by atoms with van der Waals surface area (Å²) in [5.74, 6) is 0.0853. The summed E-state index contributed by atoms with van der Waals surface area (Å²) in [6, 6.07) is 5.27. The SMILES string of the molecule is CCN(CC)CCOC(=O)C1Oc2ccc(Cl)cc2C(C)(C)O1. The van der Waals surface area contributed by atoms with E-state index < -0.39 is 17.9 Å². The maximum absolute atomic E-state index is 12.2. The first-order valence-corrected chi connectivity index (χ1v) is 8.28. The molecule has 0 spiro atoms. The van der Waals surface area contributed by atoms with E-state index in [1.807, 2.05) is 13.8 Å². The van der Waals surface area contributed by atoms with E-state index in [1.165, 1.54) is 0 Å². The van der Waals surface area contributed by atoms with Crippen LogP contribution in [0.15, 0.2) is 18.2 Å². The fourth-order valence-corrected chi connectivity index (χ4v) is 2.70. The van der Waals surface area contributed by atoms with Crippen LogP contribution in [0.3, 0.4) is 0 Å². The van der Waals surface area contributed by atoms with Gasteiger partial charge in [-0.15, -0.1) is 0 Å². The second-order valence-electron chi connectivity index (χ2n) is 5.91. The van der Waals surface area contributed by atoms with Crippen LogP contribution in [0.5, 0.6) is 5.75 Å². The maximum atomic E-state index is 12.2. The lowest BCUT2D eigenvalue weighted by Crippen LogP contribution is -2.43. The number of carbonyl (C=O) groups excluding carboxylic acids is 1. The Labute approximate surface area is 142 Å². The number of nitrogens with zero attached hydrogens (tertiary/aromatic N) is 1. The van der Waals surface area contributed by atoms with Crippen molar-refractivity contribution in [1.82, 2.24) is 4.90 Å². The minimum absolute atomic E-state index is 0.317. The normalized spacial score (nSPS) is 19.1. The monoisotopic (exact) mass is 341 g/mol. The summed E-state index contributed by atoms with van der Waals surface area (Å²) < 4.78 is 16.7. The van der Waals surface area contributed by atoms with Gasteiger partial charge in [-0.1, -0.05) is 25.4 Å². The molecule has 128 valence electrons. The van der Waals surface area contributed by atoms with Crippen molar-refractivity contribution in [2.45, 2.75) is 39.6 Å². The summed E-state index contributed by atoms with van der Waals surface area (Å²) >= 11 is 6.02. The van der Waals surface area contributed by atoms with Crippen LogP contribution in [0.4, 0.5) is 0 Å². The zero-order valence-electron chi connectivity index (χ0n) is 14.1. The van der Waals surface area contributed by atoms with Gasteiger partial charge < -0.3 is 19.1 Å². The third-order valence-corrected chi connectivity index (χ3v) is 4.20. The van der Waals surface area contributed by atoms with Crippen LogP contribution < -0.4 is 4.74 Å². The van der Waals surface area contributed by atoms with Gasteiger partial charge in [0, 0.05) is 17.1 Å². The number of esters is 1. The summed E-state index contributed by atoms with van der Waals surface area (Å²) in [6.07, 6.45) is -1.06. The smallest absolute Gasteiger partial charge is 0.376 e. The van der Waals surface area contributed by atoms with Crippen molar-refractivity contribution in [2.75, 3.05) is 26.2 Å². The van der Waals surface area contributed by atoms with E-state index >= 15 is 0 Å². The van der Waals surface area contributed by atoms with E-state index in [9.17, 15) is 4.79 Å². The first kappa shape index (κ1) is 18.0. The molecule has 1 heterocycles. The second-order valence-corrected chi connectivity index (χ2v) is 6.35. The topological polar surface area (TPSA) is 48.0 Å². The highest BCUT2D eigenvalue weighted by Gasteiger charge is 2.39. The van der Waals surface area contributed by atoms with E-state index in [2.05, 4.69) is 18.7 Å². The van der Waals surface area contributed by atoms with Gasteiger partial charge in [0.05, 0.1) is 5.60 Å². The Morgan fingerprint density at radius 1 is 1.35 bits per heavy atom. The van der Waals surface area contributed by atoms with Gasteiger partial charge >= 0.3 is 5.97 Å². The molecule has 0 N–H and O–H groups in total. The molecule has 1 unspecified atom stereocenters. The first-order valence-electron chi connectivity index (χ1n) is 7.91. The molecule has 5 nitrogen and oxygen atoms in total. The summed E-state index contributed by atoms with van der Waals surface area (Å²) in [6.45, 7) is 10.8. The summed E-state index contributed by atoms with van der Waals surface area (Å²) in [7, 11) is 0. The molecule has 1 aliphatic rings. The van der Waals surface area contributed by atoms with Crippen molar-refractivity contribution in [3.8, 4) is 5.75 Å². The zero-order valence-corrected chi connectivity index (χ0v) is 14.9. The number of likely N-dealkylation sites (N-methyl/N-ethyl adjacent to an activating group) is 1. The number of rotatable bonds is 6. The van der Waals surface area contributed by atoms with E-state index in [4.69, 9.17) is 25.8 Å². The summed E-state index contributed by atoms with van der Waals surface area (Å²) in [4.78, 5) is 14.4. The van der Waals surface area contributed by atoms with E-state index in [0.29, 0.717) is 23.9 Å². The Kier molecular flexibility index (Phi) is 5.89. The lowest BCUT2D eigenvalue weighted by atomic mass is 9.96. The zero-order chi connectivity index (χ0) is 17.0. The van der Waals surface area contributed by atoms with Gasteiger partial charge in [0.15, 0.2) is 0 Å². The Morgan fingerprint density at radius 3 is 2.70 bits per heavy atom. The van der Waals surface area contributed by atoms with Crippen molar-refractivity contribution in [2.24, 2.45) is 0 Å².